The van der Waals surface area contributed by atoms with Crippen LogP contribution in [0.3, 0.4) is 0 Å². The summed E-state index contributed by atoms with van der Waals surface area (Å²) in [7, 11) is 0. The van der Waals surface area contributed by atoms with Gasteiger partial charge >= 0.3 is 17.6 Å². The molecule has 9 nitrogen and oxygen atoms in total. The Balaban J connectivity index is 3.04. The Morgan fingerprint density at radius 1 is 1.35 bits per heavy atom. The van der Waals surface area contributed by atoms with E-state index in [1.54, 1.807) is 13.8 Å². The summed E-state index contributed by atoms with van der Waals surface area (Å²) in [5.74, 6) is -1.63. The van der Waals surface area contributed by atoms with E-state index >= 15 is 0 Å². The molecule has 126 valence electrons. The van der Waals surface area contributed by atoms with Crippen molar-refractivity contribution in [3.8, 4) is 0 Å². The smallest absolute Gasteiger partial charge is 0.329 e. The summed E-state index contributed by atoms with van der Waals surface area (Å²) in [4.78, 5) is 37.6. The van der Waals surface area contributed by atoms with E-state index in [1.807, 2.05) is 0 Å². The Kier molecular flexibility index (Phi) is 7.20. The number of anilines is 1. The van der Waals surface area contributed by atoms with Crippen LogP contribution < -0.4 is 5.32 Å². The molecule has 1 atom stereocenters. The Bertz CT molecular complexity index is 595. The normalized spacial score (nSPS) is 11.4. The van der Waals surface area contributed by atoms with Crippen LogP contribution in [0.15, 0.2) is 12.1 Å². The fourth-order valence-electron chi connectivity index (χ4n) is 1.67. The van der Waals surface area contributed by atoms with Crippen LogP contribution in [0.2, 0.25) is 5.15 Å². The van der Waals surface area contributed by atoms with Crippen molar-refractivity contribution in [3.05, 3.63) is 27.4 Å². The van der Waals surface area contributed by atoms with Gasteiger partial charge in [0.15, 0.2) is 0 Å². The van der Waals surface area contributed by atoms with E-state index < -0.39 is 22.9 Å². The zero-order valence-electron chi connectivity index (χ0n) is 12.6. The minimum Gasteiger partial charge on any atom is -0.466 e. The molecule has 1 unspecified atom stereocenters. The zero-order chi connectivity index (χ0) is 17.4. The van der Waals surface area contributed by atoms with Gasteiger partial charge in [0, 0.05) is 6.07 Å². The Morgan fingerprint density at radius 2 is 2.00 bits per heavy atom. The molecule has 0 aliphatic rings. The standard InChI is InChI=1S/C13H16ClN3O6/c1-3-22-11(18)7-8(13(19)23-4-2)15-12-9(17(20)21)5-6-10(14)16-12/h5-6,8H,3-4,7H2,1-2H3,(H,15,16). The topological polar surface area (TPSA) is 121 Å². The third-order valence-corrected chi connectivity index (χ3v) is 2.81. The fourth-order valence-corrected chi connectivity index (χ4v) is 1.82. The van der Waals surface area contributed by atoms with Crippen LogP contribution in [0.1, 0.15) is 20.3 Å². The second-order valence-electron chi connectivity index (χ2n) is 4.22. The van der Waals surface area contributed by atoms with Crippen LogP contribution in [0, 0.1) is 10.1 Å². The van der Waals surface area contributed by atoms with Gasteiger partial charge < -0.3 is 14.8 Å². The van der Waals surface area contributed by atoms with E-state index in [2.05, 4.69) is 10.3 Å². The van der Waals surface area contributed by atoms with Crippen molar-refractivity contribution < 1.29 is 24.0 Å². The van der Waals surface area contributed by atoms with Gasteiger partial charge in [-0.3, -0.25) is 14.9 Å². The monoisotopic (exact) mass is 345 g/mol. The number of hydrogen-bond acceptors (Lipinski definition) is 8. The number of halogens is 1. The van der Waals surface area contributed by atoms with Crippen LogP contribution in [0.5, 0.6) is 0 Å². The number of esters is 2. The van der Waals surface area contributed by atoms with Gasteiger partial charge in [-0.2, -0.15) is 0 Å². The summed E-state index contributed by atoms with van der Waals surface area (Å²) in [6.07, 6.45) is -0.363. The summed E-state index contributed by atoms with van der Waals surface area (Å²) in [6, 6.07) is 1.21. The van der Waals surface area contributed by atoms with E-state index in [9.17, 15) is 19.7 Å². The number of rotatable bonds is 8. The molecule has 0 radical (unpaired) electrons. The van der Waals surface area contributed by atoms with Crippen LogP contribution in [0.25, 0.3) is 0 Å². The molecular weight excluding hydrogens is 330 g/mol. The number of nitro groups is 1. The number of nitrogens with one attached hydrogen (secondary N) is 1. The second kappa shape index (κ2) is 8.89. The first-order valence-electron chi connectivity index (χ1n) is 6.78. The minimum absolute atomic E-state index is 0.00292. The van der Waals surface area contributed by atoms with E-state index in [1.165, 1.54) is 6.07 Å². The summed E-state index contributed by atoms with van der Waals surface area (Å²) in [5.41, 5.74) is -0.382. The maximum Gasteiger partial charge on any atom is 0.329 e. The van der Waals surface area contributed by atoms with E-state index in [4.69, 9.17) is 21.1 Å². The molecule has 1 N–H and O–H groups in total. The molecule has 1 rings (SSSR count). The third kappa shape index (κ3) is 5.70. The van der Waals surface area contributed by atoms with Crippen molar-refractivity contribution in [1.82, 2.24) is 4.98 Å². The number of hydrogen-bond donors (Lipinski definition) is 1. The highest BCUT2D eigenvalue weighted by molar-refractivity contribution is 6.29. The number of ether oxygens (including phenoxy) is 2. The van der Waals surface area contributed by atoms with Crippen molar-refractivity contribution >= 4 is 35.0 Å². The number of aromatic nitrogens is 1. The lowest BCUT2D eigenvalue weighted by molar-refractivity contribution is -0.384. The number of pyridine rings is 1. The van der Waals surface area contributed by atoms with E-state index in [-0.39, 0.29) is 36.3 Å². The van der Waals surface area contributed by atoms with Crippen LogP contribution >= 0.6 is 11.6 Å². The molecule has 0 fully saturated rings. The SMILES string of the molecule is CCOC(=O)CC(Nc1nc(Cl)ccc1[N+](=O)[O-])C(=O)OCC. The highest BCUT2D eigenvalue weighted by atomic mass is 35.5. The van der Waals surface area contributed by atoms with Crippen LogP contribution in [0.4, 0.5) is 11.5 Å². The molecule has 1 aromatic rings. The minimum atomic E-state index is -1.18. The van der Waals surface area contributed by atoms with Gasteiger partial charge in [0.25, 0.3) is 0 Å². The maximum atomic E-state index is 11.9. The highest BCUT2D eigenvalue weighted by Crippen LogP contribution is 2.25. The molecule has 0 spiro atoms. The molecule has 0 saturated carbocycles. The molecule has 1 aromatic heterocycles. The first kappa shape index (κ1) is 18.6. The molecule has 10 heteroatoms. The number of carbonyl (C=O) groups excluding carboxylic acids is 2. The molecule has 0 aliphatic heterocycles. The fraction of sp³-hybridized carbons (Fsp3) is 0.462. The Hall–Kier alpha value is -2.42. The van der Waals surface area contributed by atoms with Gasteiger partial charge in [0.05, 0.1) is 24.6 Å². The van der Waals surface area contributed by atoms with E-state index in [0.29, 0.717) is 0 Å². The third-order valence-electron chi connectivity index (χ3n) is 2.59. The van der Waals surface area contributed by atoms with Crippen molar-refractivity contribution in [2.75, 3.05) is 18.5 Å². The predicted octanol–water partition coefficient (Wildman–Crippen LogP) is 1.94. The molecule has 0 aliphatic carbocycles. The number of carbonyl (C=O) groups is 2. The quantitative estimate of drug-likeness (QED) is 0.328. The van der Waals surface area contributed by atoms with Crippen molar-refractivity contribution in [2.24, 2.45) is 0 Å². The summed E-state index contributed by atoms with van der Waals surface area (Å²) < 4.78 is 9.62. The maximum absolute atomic E-state index is 11.9. The Morgan fingerprint density at radius 3 is 2.57 bits per heavy atom. The first-order valence-corrected chi connectivity index (χ1v) is 7.16. The van der Waals surface area contributed by atoms with Crippen LogP contribution in [-0.4, -0.2) is 41.1 Å². The summed E-state index contributed by atoms with van der Waals surface area (Å²) >= 11 is 5.72. The van der Waals surface area contributed by atoms with Gasteiger partial charge in [-0.15, -0.1) is 0 Å². The molecule has 0 aromatic carbocycles. The summed E-state index contributed by atoms with van der Waals surface area (Å²) in [5, 5.41) is 13.5. The Labute approximate surface area is 137 Å². The van der Waals surface area contributed by atoms with Gasteiger partial charge in [-0.25, -0.2) is 9.78 Å². The zero-order valence-corrected chi connectivity index (χ0v) is 13.3. The average Bonchev–Trinajstić information content (AvgIpc) is 2.46. The van der Waals surface area contributed by atoms with Gasteiger partial charge in [-0.1, -0.05) is 11.6 Å². The molecule has 1 heterocycles. The average molecular weight is 346 g/mol. The molecule has 0 saturated heterocycles. The van der Waals surface area contributed by atoms with Gasteiger partial charge in [-0.05, 0) is 19.9 Å². The molecule has 23 heavy (non-hydrogen) atoms. The largest absolute Gasteiger partial charge is 0.466 e. The molecule has 0 bridgehead atoms. The van der Waals surface area contributed by atoms with Crippen molar-refractivity contribution in [3.63, 3.8) is 0 Å². The lowest BCUT2D eigenvalue weighted by atomic mass is 10.2. The van der Waals surface area contributed by atoms with Crippen LogP contribution in [-0.2, 0) is 19.1 Å². The van der Waals surface area contributed by atoms with E-state index in [0.717, 1.165) is 6.07 Å². The van der Waals surface area contributed by atoms with Crippen molar-refractivity contribution in [1.29, 1.82) is 0 Å². The van der Waals surface area contributed by atoms with Gasteiger partial charge in [0.2, 0.25) is 5.82 Å². The first-order chi connectivity index (χ1) is 10.9. The molecule has 0 amide bonds. The number of nitrogens with zero attached hydrogens (tertiary/aromatic N) is 2. The predicted molar refractivity (Wildman–Crippen MR) is 81.2 cm³/mol. The van der Waals surface area contributed by atoms with Crippen molar-refractivity contribution in [2.45, 2.75) is 26.3 Å². The van der Waals surface area contributed by atoms with Gasteiger partial charge in [0.1, 0.15) is 11.2 Å². The lowest BCUT2D eigenvalue weighted by Gasteiger charge is -2.17. The molecular formula is C13H16ClN3O6. The second-order valence-corrected chi connectivity index (χ2v) is 4.60. The highest BCUT2D eigenvalue weighted by Gasteiger charge is 2.27. The summed E-state index contributed by atoms with van der Waals surface area (Å²) in [6.45, 7) is 3.45. The lowest BCUT2D eigenvalue weighted by Crippen LogP contribution is -2.34.